The number of aromatic nitrogens is 1. The zero-order valence-corrected chi connectivity index (χ0v) is 10.8. The molecule has 0 atom stereocenters. The lowest BCUT2D eigenvalue weighted by Crippen LogP contribution is -2.05. The molecule has 3 nitrogen and oxygen atoms in total. The van der Waals surface area contributed by atoms with E-state index in [0.717, 1.165) is 18.0 Å². The number of hydrogen-bond acceptors (Lipinski definition) is 3. The maximum Gasteiger partial charge on any atom is 0.138 e. The summed E-state index contributed by atoms with van der Waals surface area (Å²) in [5, 5.41) is 3.14. The zero-order valence-electron chi connectivity index (χ0n) is 10.8. The van der Waals surface area contributed by atoms with Crippen molar-refractivity contribution in [3.05, 3.63) is 59.4 Å². The molecule has 0 aliphatic rings. The van der Waals surface area contributed by atoms with Crippen molar-refractivity contribution in [2.75, 3.05) is 7.05 Å². The number of aryl methyl sites for hydroxylation is 1. The predicted molar refractivity (Wildman–Crippen MR) is 72.5 cm³/mol. The molecule has 2 aromatic rings. The van der Waals surface area contributed by atoms with Gasteiger partial charge in [-0.15, -0.1) is 0 Å². The number of pyridine rings is 1. The van der Waals surface area contributed by atoms with Gasteiger partial charge in [0.15, 0.2) is 0 Å². The van der Waals surface area contributed by atoms with E-state index in [1.165, 1.54) is 11.1 Å². The van der Waals surface area contributed by atoms with Crippen LogP contribution in [0.2, 0.25) is 0 Å². The molecule has 1 aromatic carbocycles. The molecule has 2 rings (SSSR count). The first kappa shape index (κ1) is 12.6. The van der Waals surface area contributed by atoms with E-state index in [-0.39, 0.29) is 0 Å². The molecule has 0 amide bonds. The highest BCUT2D eigenvalue weighted by Crippen LogP contribution is 2.12. The van der Waals surface area contributed by atoms with Gasteiger partial charge in [0.2, 0.25) is 0 Å². The lowest BCUT2D eigenvalue weighted by Gasteiger charge is -2.07. The molecule has 1 heterocycles. The van der Waals surface area contributed by atoms with Crippen molar-refractivity contribution in [2.24, 2.45) is 0 Å². The Bertz CT molecular complexity index is 494. The molecule has 94 valence electrons. The molecular formula is C15H18N2O. The summed E-state index contributed by atoms with van der Waals surface area (Å²) in [7, 11) is 1.95. The first-order valence-corrected chi connectivity index (χ1v) is 6.06. The average molecular weight is 242 g/mol. The van der Waals surface area contributed by atoms with Gasteiger partial charge in [-0.3, -0.25) is 4.98 Å². The lowest BCUT2D eigenvalue weighted by molar-refractivity contribution is 0.304. The third kappa shape index (κ3) is 3.57. The van der Waals surface area contributed by atoms with E-state index in [9.17, 15) is 0 Å². The average Bonchev–Trinajstić information content (AvgIpc) is 2.39. The van der Waals surface area contributed by atoms with Crippen LogP contribution in [0.3, 0.4) is 0 Å². The Hall–Kier alpha value is -1.87. The van der Waals surface area contributed by atoms with Crippen LogP contribution in [0.15, 0.2) is 42.6 Å². The highest BCUT2D eigenvalue weighted by molar-refractivity contribution is 5.24. The van der Waals surface area contributed by atoms with E-state index in [1.807, 2.05) is 26.1 Å². The first-order valence-electron chi connectivity index (χ1n) is 6.06. The lowest BCUT2D eigenvalue weighted by atomic mass is 10.1. The quantitative estimate of drug-likeness (QED) is 0.875. The number of benzene rings is 1. The van der Waals surface area contributed by atoms with Gasteiger partial charge in [0, 0.05) is 12.2 Å². The Morgan fingerprint density at radius 3 is 2.72 bits per heavy atom. The fourth-order valence-electron chi connectivity index (χ4n) is 1.74. The number of nitrogens with one attached hydrogen (secondary N) is 1. The monoisotopic (exact) mass is 242 g/mol. The molecule has 3 heteroatoms. The normalized spacial score (nSPS) is 10.3. The molecule has 18 heavy (non-hydrogen) atoms. The molecule has 0 fully saturated rings. The fraction of sp³-hybridized carbons (Fsp3) is 0.267. The molecule has 1 N–H and O–H groups in total. The van der Waals surface area contributed by atoms with Crippen LogP contribution < -0.4 is 10.1 Å². The van der Waals surface area contributed by atoms with Crippen molar-refractivity contribution in [3.63, 3.8) is 0 Å². The summed E-state index contributed by atoms with van der Waals surface area (Å²) in [5.41, 5.74) is 3.43. The van der Waals surface area contributed by atoms with Gasteiger partial charge in [-0.2, -0.15) is 0 Å². The Balaban J connectivity index is 1.97. The first-order chi connectivity index (χ1) is 8.78. The minimum Gasteiger partial charge on any atom is -0.487 e. The predicted octanol–water partition coefficient (Wildman–Crippen LogP) is 2.69. The van der Waals surface area contributed by atoms with Gasteiger partial charge in [0.25, 0.3) is 0 Å². The SMILES string of the molecule is CNCc1cccc(COc2ccc(C)nc2)c1. The molecule has 0 aliphatic heterocycles. The second-order valence-corrected chi connectivity index (χ2v) is 4.27. The van der Waals surface area contributed by atoms with Gasteiger partial charge in [0.05, 0.1) is 6.20 Å². The van der Waals surface area contributed by atoms with E-state index < -0.39 is 0 Å². The number of nitrogens with zero attached hydrogens (tertiary/aromatic N) is 1. The molecule has 0 saturated carbocycles. The zero-order chi connectivity index (χ0) is 12.8. The third-order valence-electron chi connectivity index (χ3n) is 2.66. The summed E-state index contributed by atoms with van der Waals surface area (Å²) in [6.07, 6.45) is 1.76. The summed E-state index contributed by atoms with van der Waals surface area (Å²) < 4.78 is 5.70. The number of rotatable bonds is 5. The third-order valence-corrected chi connectivity index (χ3v) is 2.66. The molecule has 0 saturated heterocycles. The molecule has 0 spiro atoms. The topological polar surface area (TPSA) is 34.1 Å². The summed E-state index contributed by atoms with van der Waals surface area (Å²) in [6, 6.07) is 12.3. The van der Waals surface area contributed by atoms with Crippen molar-refractivity contribution in [2.45, 2.75) is 20.1 Å². The molecule has 0 bridgehead atoms. The Morgan fingerprint density at radius 2 is 2.00 bits per heavy atom. The van der Waals surface area contributed by atoms with Crippen LogP contribution in [0.1, 0.15) is 16.8 Å². The fourth-order valence-corrected chi connectivity index (χ4v) is 1.74. The summed E-state index contributed by atoms with van der Waals surface area (Å²) in [4.78, 5) is 4.20. The van der Waals surface area contributed by atoms with Crippen LogP contribution in [0.25, 0.3) is 0 Å². The van der Waals surface area contributed by atoms with Crippen LogP contribution in [-0.2, 0) is 13.2 Å². The molecule has 0 aliphatic carbocycles. The standard InChI is InChI=1S/C15H18N2O/c1-12-6-7-15(10-17-12)18-11-14-5-3-4-13(8-14)9-16-2/h3-8,10,16H,9,11H2,1-2H3. The molecule has 0 radical (unpaired) electrons. The second-order valence-electron chi connectivity index (χ2n) is 4.27. The smallest absolute Gasteiger partial charge is 0.138 e. The van der Waals surface area contributed by atoms with Crippen LogP contribution >= 0.6 is 0 Å². The van der Waals surface area contributed by atoms with Crippen LogP contribution in [0.4, 0.5) is 0 Å². The van der Waals surface area contributed by atoms with E-state index in [2.05, 4.69) is 34.6 Å². The van der Waals surface area contributed by atoms with Crippen molar-refractivity contribution in [1.29, 1.82) is 0 Å². The van der Waals surface area contributed by atoms with Gasteiger partial charge >= 0.3 is 0 Å². The summed E-state index contributed by atoms with van der Waals surface area (Å²) >= 11 is 0. The maximum atomic E-state index is 5.70. The summed E-state index contributed by atoms with van der Waals surface area (Å²) in [5.74, 6) is 0.805. The highest BCUT2D eigenvalue weighted by atomic mass is 16.5. The van der Waals surface area contributed by atoms with Gasteiger partial charge < -0.3 is 10.1 Å². The van der Waals surface area contributed by atoms with Crippen molar-refractivity contribution in [3.8, 4) is 5.75 Å². The van der Waals surface area contributed by atoms with E-state index in [1.54, 1.807) is 6.20 Å². The molecule has 0 unspecified atom stereocenters. The number of hydrogen-bond donors (Lipinski definition) is 1. The van der Waals surface area contributed by atoms with Gasteiger partial charge in [-0.25, -0.2) is 0 Å². The summed E-state index contributed by atoms with van der Waals surface area (Å²) in [6.45, 7) is 3.41. The van der Waals surface area contributed by atoms with E-state index in [4.69, 9.17) is 4.74 Å². The number of ether oxygens (including phenoxy) is 1. The maximum absolute atomic E-state index is 5.70. The Kier molecular flexibility index (Phi) is 4.31. The van der Waals surface area contributed by atoms with Gasteiger partial charge in [-0.05, 0) is 37.2 Å². The van der Waals surface area contributed by atoms with Crippen LogP contribution in [-0.4, -0.2) is 12.0 Å². The van der Waals surface area contributed by atoms with E-state index >= 15 is 0 Å². The van der Waals surface area contributed by atoms with Crippen molar-refractivity contribution in [1.82, 2.24) is 10.3 Å². The van der Waals surface area contributed by atoms with Gasteiger partial charge in [-0.1, -0.05) is 24.3 Å². The minimum atomic E-state index is 0.572. The largest absolute Gasteiger partial charge is 0.487 e. The van der Waals surface area contributed by atoms with Crippen LogP contribution in [0, 0.1) is 6.92 Å². The highest BCUT2D eigenvalue weighted by Gasteiger charge is 1.98. The van der Waals surface area contributed by atoms with Crippen molar-refractivity contribution >= 4 is 0 Å². The molecule has 1 aromatic heterocycles. The van der Waals surface area contributed by atoms with Crippen LogP contribution in [0.5, 0.6) is 5.75 Å². The van der Waals surface area contributed by atoms with Gasteiger partial charge in [0.1, 0.15) is 12.4 Å². The van der Waals surface area contributed by atoms with Crippen molar-refractivity contribution < 1.29 is 4.74 Å². The Labute approximate surface area is 108 Å². The molecular weight excluding hydrogens is 224 g/mol. The minimum absolute atomic E-state index is 0.572. The second kappa shape index (κ2) is 6.17. The van der Waals surface area contributed by atoms with E-state index in [0.29, 0.717) is 6.61 Å². The Morgan fingerprint density at radius 1 is 1.17 bits per heavy atom.